The topological polar surface area (TPSA) is 79.6 Å². The van der Waals surface area contributed by atoms with Crippen molar-refractivity contribution in [1.29, 1.82) is 0 Å². The summed E-state index contributed by atoms with van der Waals surface area (Å²) in [6.07, 6.45) is 6.01. The van der Waals surface area contributed by atoms with E-state index in [4.69, 9.17) is 5.73 Å². The zero-order valence-electron chi connectivity index (χ0n) is 12.3. The molecular weight excluding hydrogens is 274 g/mol. The minimum Gasteiger partial charge on any atom is -0.384 e. The van der Waals surface area contributed by atoms with E-state index in [9.17, 15) is 0 Å². The molecule has 0 bridgehead atoms. The number of piperidine rings is 1. The highest BCUT2D eigenvalue weighted by molar-refractivity contribution is 5.93. The predicted octanol–water partition coefficient (Wildman–Crippen LogP) is 2.67. The van der Waals surface area contributed by atoms with Crippen LogP contribution in [-0.4, -0.2) is 28.0 Å². The van der Waals surface area contributed by atoms with E-state index in [1.165, 1.54) is 18.5 Å². The molecule has 0 aromatic carbocycles. The van der Waals surface area contributed by atoms with E-state index >= 15 is 0 Å². The fraction of sp³-hybridized carbons (Fsp3) is 0.294. The summed E-state index contributed by atoms with van der Waals surface area (Å²) in [5, 5.41) is 4.57. The van der Waals surface area contributed by atoms with E-state index in [0.29, 0.717) is 11.7 Å². The van der Waals surface area contributed by atoms with Crippen molar-refractivity contribution >= 4 is 16.9 Å². The highest BCUT2D eigenvalue weighted by atomic mass is 14.9. The second-order valence-electron chi connectivity index (χ2n) is 5.84. The second-order valence-corrected chi connectivity index (χ2v) is 5.84. The minimum absolute atomic E-state index is 0.540. The first kappa shape index (κ1) is 13.3. The summed E-state index contributed by atoms with van der Waals surface area (Å²) < 4.78 is 0. The standard InChI is InChI=1S/C17H19N5/c18-16-2-1-12(10-21-16)13-5-8-20-17-14(13)9-15(22-17)11-3-6-19-7-4-11/h1-2,5,8-11,19H,3-4,6-7H2,(H2,18,21)(H,20,22). The zero-order chi connectivity index (χ0) is 14.9. The lowest BCUT2D eigenvalue weighted by Crippen LogP contribution is -2.26. The van der Waals surface area contributed by atoms with E-state index in [-0.39, 0.29) is 0 Å². The lowest BCUT2D eigenvalue weighted by molar-refractivity contribution is 0.455. The number of H-pyrrole nitrogens is 1. The quantitative estimate of drug-likeness (QED) is 0.678. The molecule has 112 valence electrons. The predicted molar refractivity (Wildman–Crippen MR) is 88.6 cm³/mol. The van der Waals surface area contributed by atoms with E-state index in [2.05, 4.69) is 26.3 Å². The summed E-state index contributed by atoms with van der Waals surface area (Å²) in [4.78, 5) is 12.2. The number of nitrogen functional groups attached to an aromatic ring is 1. The third kappa shape index (κ3) is 2.33. The average Bonchev–Trinajstić information content (AvgIpc) is 3.01. The van der Waals surface area contributed by atoms with E-state index in [0.717, 1.165) is 35.2 Å². The van der Waals surface area contributed by atoms with Crippen molar-refractivity contribution in [3.63, 3.8) is 0 Å². The first-order chi connectivity index (χ1) is 10.8. The fourth-order valence-corrected chi connectivity index (χ4v) is 3.22. The Kier molecular flexibility index (Phi) is 3.27. The maximum Gasteiger partial charge on any atom is 0.138 e. The van der Waals surface area contributed by atoms with Gasteiger partial charge in [0, 0.05) is 35.0 Å². The molecule has 1 aliphatic rings. The van der Waals surface area contributed by atoms with Crippen molar-refractivity contribution in [3.05, 3.63) is 42.4 Å². The lowest BCUT2D eigenvalue weighted by Gasteiger charge is -2.21. The lowest BCUT2D eigenvalue weighted by atomic mass is 9.94. The molecule has 0 unspecified atom stereocenters. The molecule has 0 aliphatic carbocycles. The van der Waals surface area contributed by atoms with Gasteiger partial charge in [-0.15, -0.1) is 0 Å². The van der Waals surface area contributed by atoms with Gasteiger partial charge in [-0.05, 0) is 55.8 Å². The van der Waals surface area contributed by atoms with Crippen LogP contribution in [0.1, 0.15) is 24.5 Å². The van der Waals surface area contributed by atoms with E-state index < -0.39 is 0 Å². The van der Waals surface area contributed by atoms with Gasteiger partial charge in [-0.1, -0.05) is 0 Å². The highest BCUT2D eigenvalue weighted by Gasteiger charge is 2.18. The number of hydrogen-bond acceptors (Lipinski definition) is 4. The van der Waals surface area contributed by atoms with E-state index in [1.54, 1.807) is 0 Å². The summed E-state index contributed by atoms with van der Waals surface area (Å²) in [6.45, 7) is 2.17. The van der Waals surface area contributed by atoms with Gasteiger partial charge in [-0.3, -0.25) is 0 Å². The van der Waals surface area contributed by atoms with Gasteiger partial charge in [0.15, 0.2) is 0 Å². The van der Waals surface area contributed by atoms with Crippen LogP contribution in [0.25, 0.3) is 22.2 Å². The van der Waals surface area contributed by atoms with Gasteiger partial charge in [0.1, 0.15) is 11.5 Å². The smallest absolute Gasteiger partial charge is 0.138 e. The molecule has 0 atom stereocenters. The number of nitrogens with one attached hydrogen (secondary N) is 2. The molecule has 1 saturated heterocycles. The van der Waals surface area contributed by atoms with Gasteiger partial charge in [-0.2, -0.15) is 0 Å². The number of fused-ring (bicyclic) bond motifs is 1. The van der Waals surface area contributed by atoms with Gasteiger partial charge < -0.3 is 16.0 Å². The molecule has 5 nitrogen and oxygen atoms in total. The van der Waals surface area contributed by atoms with Crippen LogP contribution in [0.4, 0.5) is 5.82 Å². The molecule has 0 saturated carbocycles. The first-order valence-corrected chi connectivity index (χ1v) is 7.71. The molecule has 0 spiro atoms. The average molecular weight is 293 g/mol. The Morgan fingerprint density at radius 1 is 1.09 bits per heavy atom. The summed E-state index contributed by atoms with van der Waals surface area (Å²) in [5.41, 5.74) is 10.1. The molecule has 0 amide bonds. The molecule has 22 heavy (non-hydrogen) atoms. The van der Waals surface area contributed by atoms with Crippen LogP contribution in [0.15, 0.2) is 36.7 Å². The largest absolute Gasteiger partial charge is 0.384 e. The molecular formula is C17H19N5. The number of anilines is 1. The Hall–Kier alpha value is -2.40. The number of hydrogen-bond donors (Lipinski definition) is 3. The third-order valence-electron chi connectivity index (χ3n) is 4.43. The Morgan fingerprint density at radius 2 is 1.95 bits per heavy atom. The molecule has 4 N–H and O–H groups in total. The van der Waals surface area contributed by atoms with Crippen LogP contribution in [0.3, 0.4) is 0 Å². The molecule has 4 rings (SSSR count). The zero-order valence-corrected chi connectivity index (χ0v) is 12.3. The Bertz CT molecular complexity index is 784. The van der Waals surface area contributed by atoms with Gasteiger partial charge in [0.05, 0.1) is 0 Å². The summed E-state index contributed by atoms with van der Waals surface area (Å²) in [5.74, 6) is 1.13. The number of aromatic nitrogens is 3. The molecule has 5 heteroatoms. The van der Waals surface area contributed by atoms with Crippen molar-refractivity contribution in [2.45, 2.75) is 18.8 Å². The first-order valence-electron chi connectivity index (χ1n) is 7.71. The molecule has 1 aliphatic heterocycles. The Labute approximate surface area is 129 Å². The van der Waals surface area contributed by atoms with E-state index in [1.807, 2.05) is 30.6 Å². The third-order valence-corrected chi connectivity index (χ3v) is 4.43. The number of rotatable bonds is 2. The number of aromatic amines is 1. The van der Waals surface area contributed by atoms with Gasteiger partial charge in [0.2, 0.25) is 0 Å². The van der Waals surface area contributed by atoms with Crippen molar-refractivity contribution in [2.24, 2.45) is 0 Å². The maximum absolute atomic E-state index is 5.68. The van der Waals surface area contributed by atoms with Crippen molar-refractivity contribution in [1.82, 2.24) is 20.3 Å². The number of pyridine rings is 2. The Morgan fingerprint density at radius 3 is 2.73 bits per heavy atom. The monoisotopic (exact) mass is 293 g/mol. The molecule has 0 radical (unpaired) electrons. The van der Waals surface area contributed by atoms with Crippen molar-refractivity contribution < 1.29 is 0 Å². The SMILES string of the molecule is Nc1ccc(-c2ccnc3[nH]c(C4CCNCC4)cc23)cn1. The minimum atomic E-state index is 0.540. The number of nitrogens with zero attached hydrogens (tertiary/aromatic N) is 2. The summed E-state index contributed by atoms with van der Waals surface area (Å²) in [7, 11) is 0. The highest BCUT2D eigenvalue weighted by Crippen LogP contribution is 2.32. The van der Waals surface area contributed by atoms with Crippen LogP contribution in [0, 0.1) is 0 Å². The van der Waals surface area contributed by atoms with Gasteiger partial charge in [-0.25, -0.2) is 9.97 Å². The van der Waals surface area contributed by atoms with Crippen molar-refractivity contribution in [3.8, 4) is 11.1 Å². The van der Waals surface area contributed by atoms with Crippen LogP contribution >= 0.6 is 0 Å². The van der Waals surface area contributed by atoms with Crippen molar-refractivity contribution in [2.75, 3.05) is 18.8 Å². The fourth-order valence-electron chi connectivity index (χ4n) is 3.22. The maximum atomic E-state index is 5.68. The summed E-state index contributed by atoms with van der Waals surface area (Å²) in [6, 6.07) is 8.13. The van der Waals surface area contributed by atoms with Crippen LogP contribution in [0.2, 0.25) is 0 Å². The normalized spacial score (nSPS) is 16.2. The van der Waals surface area contributed by atoms with Crippen LogP contribution in [0.5, 0.6) is 0 Å². The van der Waals surface area contributed by atoms with Crippen LogP contribution in [-0.2, 0) is 0 Å². The Balaban J connectivity index is 1.79. The van der Waals surface area contributed by atoms with Gasteiger partial charge >= 0.3 is 0 Å². The van der Waals surface area contributed by atoms with Gasteiger partial charge in [0.25, 0.3) is 0 Å². The van der Waals surface area contributed by atoms with Crippen LogP contribution < -0.4 is 11.1 Å². The molecule has 3 aromatic heterocycles. The molecule has 4 heterocycles. The molecule has 3 aromatic rings. The number of nitrogens with two attached hydrogens (primary N) is 1. The molecule has 1 fully saturated rings. The summed E-state index contributed by atoms with van der Waals surface area (Å²) >= 11 is 0. The second kappa shape index (κ2) is 5.42.